The Morgan fingerprint density at radius 1 is 1.19 bits per heavy atom. The Bertz CT molecular complexity index is 725. The molecule has 1 heterocycles. The molecule has 10 atom stereocenters. The molecule has 0 aromatic rings. The maximum atomic E-state index is 12.1. The molecule has 1 spiro atoms. The third-order valence-electron chi connectivity index (χ3n) is 10.2. The van der Waals surface area contributed by atoms with Crippen molar-refractivity contribution in [3.8, 4) is 0 Å². The van der Waals surface area contributed by atoms with Crippen LogP contribution in [0.5, 0.6) is 0 Å². The molecule has 7 bridgehead atoms. The lowest BCUT2D eigenvalue weighted by molar-refractivity contribution is -0.205. The van der Waals surface area contributed by atoms with Crippen molar-refractivity contribution in [2.75, 3.05) is 20.8 Å². The van der Waals surface area contributed by atoms with Gasteiger partial charge in [-0.2, -0.15) is 0 Å². The Hall–Kier alpha value is -0.780. The maximum absolute atomic E-state index is 12.1. The predicted octanol–water partition coefficient (Wildman–Crippen LogP) is 2.25. The van der Waals surface area contributed by atoms with Gasteiger partial charge in [0.25, 0.3) is 0 Å². The van der Waals surface area contributed by atoms with Crippen LogP contribution in [0.3, 0.4) is 0 Å². The first kappa shape index (κ1) is 17.1. The smallest absolute Gasteiger partial charge is 0.126 e. The van der Waals surface area contributed by atoms with Crippen LogP contribution in [0, 0.1) is 39.9 Å². The van der Waals surface area contributed by atoms with Gasteiger partial charge in [0, 0.05) is 42.6 Å². The molecule has 27 heavy (non-hydrogen) atoms. The zero-order valence-electron chi connectivity index (χ0n) is 16.4. The van der Waals surface area contributed by atoms with E-state index >= 15 is 0 Å². The third-order valence-corrected chi connectivity index (χ3v) is 10.2. The molecule has 5 heteroatoms. The second-order valence-electron chi connectivity index (χ2n) is 10.6. The van der Waals surface area contributed by atoms with Crippen LogP contribution in [0.25, 0.3) is 0 Å². The molecular weight excluding hydrogens is 342 g/mol. The fourth-order valence-corrected chi connectivity index (χ4v) is 9.47. The number of aldehydes is 1. The summed E-state index contributed by atoms with van der Waals surface area (Å²) in [4.78, 5) is 17.3. The van der Waals surface area contributed by atoms with Gasteiger partial charge in [0.05, 0.1) is 24.4 Å². The minimum absolute atomic E-state index is 0.0308. The number of fused-ring (bicyclic) bond motifs is 2. The fraction of sp³-hybridized carbons (Fsp3) is 0.909. The third kappa shape index (κ3) is 1.63. The fourth-order valence-electron chi connectivity index (χ4n) is 9.47. The van der Waals surface area contributed by atoms with Crippen LogP contribution in [0.4, 0.5) is 0 Å². The standard InChI is InChI=1S/C22H31NO4/c1-26-12-20-4-3-17(27-2)22-15-9-19(11-24)5-6-21(25,14(15)8-19)13(7-16(20)22)18(22)23-10-20/h10-11,13-18,25H,3-9,12H2,1-2H3/t13?,14-,15+,16+,17-,18+,19?,20-,21+,22+/m0/s1. The SMILES string of the molecule is COC[C@]12C=N[C@@H]3C4C[C@H]1[C@@]3([C@@H](OC)CC2)[C@@H]1CC2(C=O)CC[C@]4(O)[C@H]1C2. The van der Waals surface area contributed by atoms with Gasteiger partial charge in [0.15, 0.2) is 0 Å². The summed E-state index contributed by atoms with van der Waals surface area (Å²) in [6.45, 7) is 0.702. The first-order valence-corrected chi connectivity index (χ1v) is 10.7. The summed E-state index contributed by atoms with van der Waals surface area (Å²) in [5, 5.41) is 12.0. The van der Waals surface area contributed by atoms with E-state index in [4.69, 9.17) is 14.5 Å². The number of nitrogens with zero attached hydrogens (tertiary/aromatic N) is 1. The number of rotatable bonds is 4. The predicted molar refractivity (Wildman–Crippen MR) is 99.5 cm³/mol. The van der Waals surface area contributed by atoms with E-state index in [1.54, 1.807) is 7.11 Å². The number of ether oxygens (including phenoxy) is 2. The Balaban J connectivity index is 1.58. The summed E-state index contributed by atoms with van der Waals surface area (Å²) < 4.78 is 11.9. The van der Waals surface area contributed by atoms with Crippen molar-refractivity contribution in [3.63, 3.8) is 0 Å². The zero-order chi connectivity index (χ0) is 18.7. The molecule has 5 nitrogen and oxygen atoms in total. The summed E-state index contributed by atoms with van der Waals surface area (Å²) in [5.74, 6) is 1.21. The lowest BCUT2D eigenvalue weighted by Gasteiger charge is -2.64. The van der Waals surface area contributed by atoms with Crippen molar-refractivity contribution >= 4 is 12.5 Å². The number of aliphatic hydroxyl groups is 1. The quantitative estimate of drug-likeness (QED) is 0.768. The lowest BCUT2D eigenvalue weighted by atomic mass is 9.44. The molecular formula is C22H31NO4. The number of methoxy groups -OCH3 is 2. The first-order valence-electron chi connectivity index (χ1n) is 10.7. The minimum atomic E-state index is -0.653. The number of carbonyl (C=O) groups excluding carboxylic acids is 1. The van der Waals surface area contributed by atoms with Crippen molar-refractivity contribution < 1.29 is 19.4 Å². The van der Waals surface area contributed by atoms with Gasteiger partial charge in [-0.1, -0.05) is 0 Å². The molecule has 6 aliphatic rings. The number of hydrogen-bond acceptors (Lipinski definition) is 5. The molecule has 1 aliphatic heterocycles. The summed E-state index contributed by atoms with van der Waals surface area (Å²) in [5.41, 5.74) is -0.939. The van der Waals surface area contributed by atoms with E-state index in [2.05, 4.69) is 6.21 Å². The van der Waals surface area contributed by atoms with Crippen LogP contribution in [0.15, 0.2) is 4.99 Å². The number of aliphatic imine (C=N–C) groups is 1. The Kier molecular flexibility index (Phi) is 3.19. The zero-order valence-corrected chi connectivity index (χ0v) is 16.4. The largest absolute Gasteiger partial charge is 0.389 e. The van der Waals surface area contributed by atoms with Crippen LogP contribution >= 0.6 is 0 Å². The van der Waals surface area contributed by atoms with Crippen molar-refractivity contribution in [1.29, 1.82) is 0 Å². The highest BCUT2D eigenvalue weighted by atomic mass is 16.5. The molecule has 5 saturated carbocycles. The van der Waals surface area contributed by atoms with Crippen LogP contribution in [-0.2, 0) is 14.3 Å². The minimum Gasteiger partial charge on any atom is -0.389 e. The number of carbonyl (C=O) groups is 1. The van der Waals surface area contributed by atoms with Crippen LogP contribution in [0.1, 0.15) is 44.9 Å². The van der Waals surface area contributed by atoms with Gasteiger partial charge in [-0.3, -0.25) is 4.99 Å². The Morgan fingerprint density at radius 3 is 2.74 bits per heavy atom. The molecule has 5 aliphatic carbocycles. The molecule has 0 aromatic heterocycles. The average molecular weight is 373 g/mol. The topological polar surface area (TPSA) is 68.1 Å². The van der Waals surface area contributed by atoms with Gasteiger partial charge in [-0.15, -0.1) is 0 Å². The molecule has 0 amide bonds. The molecule has 6 rings (SSSR count). The van der Waals surface area contributed by atoms with Gasteiger partial charge in [-0.05, 0) is 62.7 Å². The van der Waals surface area contributed by atoms with Crippen LogP contribution in [-0.4, -0.2) is 56.2 Å². The van der Waals surface area contributed by atoms with E-state index in [-0.39, 0.29) is 40.2 Å². The molecule has 1 N–H and O–H groups in total. The van der Waals surface area contributed by atoms with Gasteiger partial charge in [0.2, 0.25) is 0 Å². The van der Waals surface area contributed by atoms with E-state index in [9.17, 15) is 9.90 Å². The molecule has 148 valence electrons. The van der Waals surface area contributed by atoms with E-state index in [0.29, 0.717) is 18.4 Å². The van der Waals surface area contributed by atoms with Gasteiger partial charge in [0.1, 0.15) is 6.29 Å². The van der Waals surface area contributed by atoms with Crippen LogP contribution in [0.2, 0.25) is 0 Å². The van der Waals surface area contributed by atoms with E-state index < -0.39 is 5.60 Å². The highest BCUT2D eigenvalue weighted by molar-refractivity contribution is 5.71. The van der Waals surface area contributed by atoms with E-state index in [1.807, 2.05) is 7.11 Å². The van der Waals surface area contributed by atoms with Crippen LogP contribution < -0.4 is 0 Å². The van der Waals surface area contributed by atoms with Gasteiger partial charge in [-0.25, -0.2) is 0 Å². The second kappa shape index (κ2) is 5.03. The van der Waals surface area contributed by atoms with Crippen molar-refractivity contribution in [2.45, 2.75) is 62.7 Å². The van der Waals surface area contributed by atoms with Gasteiger partial charge >= 0.3 is 0 Å². The lowest BCUT2D eigenvalue weighted by Crippen LogP contribution is -2.68. The first-order chi connectivity index (χ1) is 13.0. The summed E-state index contributed by atoms with van der Waals surface area (Å²) in [6.07, 6.45) is 10.1. The van der Waals surface area contributed by atoms with E-state index in [0.717, 1.165) is 44.9 Å². The average Bonchev–Trinajstić information content (AvgIpc) is 3.12. The van der Waals surface area contributed by atoms with Crippen molar-refractivity contribution in [3.05, 3.63) is 0 Å². The van der Waals surface area contributed by atoms with Crippen molar-refractivity contribution in [2.24, 2.45) is 44.9 Å². The normalized spacial score (nSPS) is 61.9. The number of hydrogen-bond donors (Lipinski definition) is 1. The summed E-state index contributed by atoms with van der Waals surface area (Å²) in [6, 6.07) is 0.143. The summed E-state index contributed by atoms with van der Waals surface area (Å²) in [7, 11) is 3.65. The highest BCUT2D eigenvalue weighted by Crippen LogP contribution is 2.79. The Morgan fingerprint density at radius 2 is 2.00 bits per heavy atom. The summed E-state index contributed by atoms with van der Waals surface area (Å²) >= 11 is 0. The monoisotopic (exact) mass is 373 g/mol. The molecule has 5 fully saturated rings. The van der Waals surface area contributed by atoms with E-state index in [1.165, 1.54) is 6.29 Å². The highest BCUT2D eigenvalue weighted by Gasteiger charge is 2.81. The molecule has 0 saturated heterocycles. The second-order valence-corrected chi connectivity index (χ2v) is 10.6. The molecule has 0 radical (unpaired) electrons. The van der Waals surface area contributed by atoms with Gasteiger partial charge < -0.3 is 19.4 Å². The molecule has 2 unspecified atom stereocenters. The Labute approximate surface area is 160 Å². The maximum Gasteiger partial charge on any atom is 0.126 e. The van der Waals surface area contributed by atoms with Crippen molar-refractivity contribution in [1.82, 2.24) is 0 Å². The molecule has 0 aromatic carbocycles.